The SMILES string of the molecule is CC1(C)O[C@H]2O[C@H](CO)C(O)[C@H]2O1. The molecule has 0 aliphatic carbocycles. The van der Waals surface area contributed by atoms with Crippen LogP contribution in [0.5, 0.6) is 0 Å². The maximum atomic E-state index is 9.60. The van der Waals surface area contributed by atoms with Crippen molar-refractivity contribution in [2.75, 3.05) is 6.61 Å². The third kappa shape index (κ3) is 1.47. The summed E-state index contributed by atoms with van der Waals surface area (Å²) in [5.41, 5.74) is 0. The van der Waals surface area contributed by atoms with Gasteiger partial charge in [-0.2, -0.15) is 0 Å². The number of aliphatic hydroxyl groups is 2. The molecule has 0 aromatic rings. The van der Waals surface area contributed by atoms with Gasteiger partial charge in [-0.3, -0.25) is 0 Å². The lowest BCUT2D eigenvalue weighted by atomic mass is 10.1. The molecule has 76 valence electrons. The number of aliphatic hydroxyl groups excluding tert-OH is 2. The van der Waals surface area contributed by atoms with Crippen LogP contribution in [0.1, 0.15) is 13.8 Å². The standard InChI is InChI=1S/C8H14O5/c1-8(2)12-6-5(10)4(3-9)11-7(6)13-8/h4-7,9-10H,3H2,1-2H3/t4-,5?,6-,7-/m1/s1. The van der Waals surface area contributed by atoms with Gasteiger partial charge in [-0.1, -0.05) is 0 Å². The third-order valence-corrected chi connectivity index (χ3v) is 2.29. The van der Waals surface area contributed by atoms with Crippen molar-refractivity contribution < 1.29 is 24.4 Å². The summed E-state index contributed by atoms with van der Waals surface area (Å²) in [6, 6.07) is 0. The molecule has 1 unspecified atom stereocenters. The molecule has 0 aromatic carbocycles. The molecular formula is C8H14O5. The van der Waals surface area contributed by atoms with Gasteiger partial charge in [0.15, 0.2) is 12.1 Å². The molecule has 2 aliphatic rings. The first-order valence-electron chi connectivity index (χ1n) is 4.33. The summed E-state index contributed by atoms with van der Waals surface area (Å²) in [6.07, 6.45) is -2.43. The summed E-state index contributed by atoms with van der Waals surface area (Å²) in [4.78, 5) is 0. The lowest BCUT2D eigenvalue weighted by Crippen LogP contribution is -2.36. The predicted octanol–water partition coefficient (Wildman–Crippen LogP) is -0.784. The van der Waals surface area contributed by atoms with Gasteiger partial charge in [0.05, 0.1) is 6.61 Å². The van der Waals surface area contributed by atoms with Crippen LogP contribution in [0, 0.1) is 0 Å². The first-order valence-corrected chi connectivity index (χ1v) is 4.33. The maximum absolute atomic E-state index is 9.60. The Kier molecular flexibility index (Phi) is 2.08. The number of hydrogen-bond donors (Lipinski definition) is 2. The predicted molar refractivity (Wildman–Crippen MR) is 41.8 cm³/mol. The fourth-order valence-corrected chi connectivity index (χ4v) is 1.71. The maximum Gasteiger partial charge on any atom is 0.190 e. The molecule has 2 heterocycles. The Labute approximate surface area is 76.2 Å². The lowest BCUT2D eigenvalue weighted by molar-refractivity contribution is -0.218. The van der Waals surface area contributed by atoms with Crippen LogP contribution in [0.3, 0.4) is 0 Å². The summed E-state index contributed by atoms with van der Waals surface area (Å²) in [6.45, 7) is 3.30. The molecule has 2 N–H and O–H groups in total. The highest BCUT2D eigenvalue weighted by Crippen LogP contribution is 2.36. The van der Waals surface area contributed by atoms with Crippen LogP contribution in [0.4, 0.5) is 0 Å². The summed E-state index contributed by atoms with van der Waals surface area (Å²) < 4.78 is 16.0. The van der Waals surface area contributed by atoms with Crippen molar-refractivity contribution in [3.63, 3.8) is 0 Å². The second kappa shape index (κ2) is 2.90. The highest BCUT2D eigenvalue weighted by Gasteiger charge is 2.53. The van der Waals surface area contributed by atoms with Crippen molar-refractivity contribution >= 4 is 0 Å². The zero-order chi connectivity index (χ0) is 9.64. The van der Waals surface area contributed by atoms with Gasteiger partial charge in [-0.15, -0.1) is 0 Å². The van der Waals surface area contributed by atoms with Gasteiger partial charge in [-0.25, -0.2) is 0 Å². The Bertz CT molecular complexity index is 205. The Morgan fingerprint density at radius 1 is 1.31 bits per heavy atom. The van der Waals surface area contributed by atoms with Gasteiger partial charge < -0.3 is 24.4 Å². The van der Waals surface area contributed by atoms with E-state index < -0.39 is 30.4 Å². The van der Waals surface area contributed by atoms with Crippen LogP contribution in [-0.4, -0.2) is 47.2 Å². The molecule has 0 spiro atoms. The van der Waals surface area contributed by atoms with E-state index in [9.17, 15) is 5.11 Å². The first kappa shape index (κ1) is 9.36. The van der Waals surface area contributed by atoms with Crippen molar-refractivity contribution in [3.8, 4) is 0 Å². The third-order valence-electron chi connectivity index (χ3n) is 2.29. The second-order valence-corrected chi connectivity index (χ2v) is 3.82. The van der Waals surface area contributed by atoms with Gasteiger partial charge in [0.1, 0.15) is 18.3 Å². The van der Waals surface area contributed by atoms with Crippen molar-refractivity contribution in [1.29, 1.82) is 0 Å². The highest BCUT2D eigenvalue weighted by atomic mass is 16.8. The van der Waals surface area contributed by atoms with Crippen molar-refractivity contribution in [2.45, 2.75) is 44.2 Å². The van der Waals surface area contributed by atoms with Crippen LogP contribution < -0.4 is 0 Å². The van der Waals surface area contributed by atoms with Gasteiger partial charge >= 0.3 is 0 Å². The molecular weight excluding hydrogens is 176 g/mol. The summed E-state index contributed by atoms with van der Waals surface area (Å²) in [7, 11) is 0. The largest absolute Gasteiger partial charge is 0.394 e. The monoisotopic (exact) mass is 190 g/mol. The molecule has 13 heavy (non-hydrogen) atoms. The fraction of sp³-hybridized carbons (Fsp3) is 1.00. The van der Waals surface area contributed by atoms with E-state index in [1.165, 1.54) is 0 Å². The van der Waals surface area contributed by atoms with Crippen LogP contribution in [0.2, 0.25) is 0 Å². The molecule has 0 bridgehead atoms. The molecule has 0 aromatic heterocycles. The van der Waals surface area contributed by atoms with E-state index in [-0.39, 0.29) is 6.61 Å². The van der Waals surface area contributed by atoms with Crippen LogP contribution in [-0.2, 0) is 14.2 Å². The van der Waals surface area contributed by atoms with E-state index in [0.29, 0.717) is 0 Å². The molecule has 4 atom stereocenters. The minimum atomic E-state index is -0.809. The normalized spacial score (nSPS) is 48.0. The average Bonchev–Trinajstić information content (AvgIpc) is 2.47. The Hall–Kier alpha value is -0.200. The molecule has 5 nitrogen and oxygen atoms in total. The van der Waals surface area contributed by atoms with Crippen LogP contribution in [0.15, 0.2) is 0 Å². The second-order valence-electron chi connectivity index (χ2n) is 3.82. The molecule has 2 fully saturated rings. The molecule has 2 rings (SSSR count). The quantitative estimate of drug-likeness (QED) is 0.567. The number of hydrogen-bond acceptors (Lipinski definition) is 5. The lowest BCUT2D eigenvalue weighted by Gasteiger charge is -2.21. The highest BCUT2D eigenvalue weighted by molar-refractivity contribution is 4.92. The Morgan fingerprint density at radius 2 is 2.00 bits per heavy atom. The minimum absolute atomic E-state index is 0.221. The summed E-state index contributed by atoms with van der Waals surface area (Å²) >= 11 is 0. The summed E-state index contributed by atoms with van der Waals surface area (Å²) in [5, 5.41) is 18.4. The van der Waals surface area contributed by atoms with Gasteiger partial charge in [0.25, 0.3) is 0 Å². The minimum Gasteiger partial charge on any atom is -0.394 e. The number of ether oxygens (including phenoxy) is 3. The summed E-state index contributed by atoms with van der Waals surface area (Å²) in [5.74, 6) is -0.712. The van der Waals surface area contributed by atoms with E-state index in [0.717, 1.165) is 0 Å². The zero-order valence-electron chi connectivity index (χ0n) is 7.64. The zero-order valence-corrected chi connectivity index (χ0v) is 7.64. The fourth-order valence-electron chi connectivity index (χ4n) is 1.71. The van der Waals surface area contributed by atoms with Crippen LogP contribution in [0.25, 0.3) is 0 Å². The van der Waals surface area contributed by atoms with Crippen molar-refractivity contribution in [1.82, 2.24) is 0 Å². The Balaban J connectivity index is 2.07. The topological polar surface area (TPSA) is 68.2 Å². The molecule has 2 saturated heterocycles. The number of rotatable bonds is 1. The van der Waals surface area contributed by atoms with Crippen molar-refractivity contribution in [3.05, 3.63) is 0 Å². The smallest absolute Gasteiger partial charge is 0.190 e. The van der Waals surface area contributed by atoms with Gasteiger partial charge in [0.2, 0.25) is 0 Å². The van der Waals surface area contributed by atoms with Gasteiger partial charge in [-0.05, 0) is 13.8 Å². The van der Waals surface area contributed by atoms with E-state index in [1.807, 2.05) is 0 Å². The van der Waals surface area contributed by atoms with E-state index in [2.05, 4.69) is 0 Å². The molecule has 2 aliphatic heterocycles. The molecule has 0 saturated carbocycles. The van der Waals surface area contributed by atoms with E-state index >= 15 is 0 Å². The van der Waals surface area contributed by atoms with Gasteiger partial charge in [0, 0.05) is 0 Å². The first-order chi connectivity index (χ1) is 6.03. The van der Waals surface area contributed by atoms with Crippen molar-refractivity contribution in [2.24, 2.45) is 0 Å². The van der Waals surface area contributed by atoms with E-state index in [4.69, 9.17) is 19.3 Å². The number of fused-ring (bicyclic) bond motifs is 1. The average molecular weight is 190 g/mol. The molecule has 5 heteroatoms. The molecule has 0 amide bonds. The van der Waals surface area contributed by atoms with E-state index in [1.54, 1.807) is 13.8 Å². The van der Waals surface area contributed by atoms with Crippen LogP contribution >= 0.6 is 0 Å². The molecule has 0 radical (unpaired) electrons. The Morgan fingerprint density at radius 3 is 2.54 bits per heavy atom.